The minimum atomic E-state index is -0.813. The maximum atomic E-state index is 13.4. The van der Waals surface area contributed by atoms with E-state index in [1.165, 1.54) is 19.2 Å². The van der Waals surface area contributed by atoms with Gasteiger partial charge in [0.05, 0.1) is 13.0 Å². The quantitative estimate of drug-likeness (QED) is 0.889. The van der Waals surface area contributed by atoms with Crippen LogP contribution in [0.1, 0.15) is 18.4 Å². The van der Waals surface area contributed by atoms with Gasteiger partial charge < -0.3 is 20.1 Å². The number of carbonyl (C=O) groups is 2. The molecular weight excluding hydrogens is 291 g/mol. The second-order valence-electron chi connectivity index (χ2n) is 5.26. The lowest BCUT2D eigenvalue weighted by Gasteiger charge is -2.30. The van der Waals surface area contributed by atoms with Crippen LogP contribution in [-0.2, 0) is 11.3 Å². The Morgan fingerprint density at radius 2 is 2.05 bits per heavy atom. The molecule has 2 rings (SSSR count). The second-order valence-corrected chi connectivity index (χ2v) is 5.26. The number of carbonyl (C=O) groups excluding carboxylic acids is 1. The van der Waals surface area contributed by atoms with Gasteiger partial charge in [-0.15, -0.1) is 0 Å². The maximum absolute atomic E-state index is 13.4. The number of piperidine rings is 1. The summed E-state index contributed by atoms with van der Waals surface area (Å²) in [6.07, 6.45) is 0.910. The molecule has 0 bridgehead atoms. The topological polar surface area (TPSA) is 78.9 Å². The fourth-order valence-corrected chi connectivity index (χ4v) is 2.46. The highest BCUT2D eigenvalue weighted by atomic mass is 19.1. The molecule has 1 heterocycles. The van der Waals surface area contributed by atoms with Crippen LogP contribution in [0, 0.1) is 11.7 Å². The van der Waals surface area contributed by atoms with Crippen molar-refractivity contribution in [2.45, 2.75) is 19.4 Å². The average Bonchev–Trinajstić information content (AvgIpc) is 2.52. The number of carboxylic acids is 1. The number of hydrogen-bond donors (Lipinski definition) is 2. The molecule has 0 unspecified atom stereocenters. The van der Waals surface area contributed by atoms with Crippen molar-refractivity contribution in [3.8, 4) is 5.75 Å². The van der Waals surface area contributed by atoms with Crippen LogP contribution in [-0.4, -0.2) is 42.2 Å². The SMILES string of the molecule is COc1cc(F)cc(CNC(=O)N2CCC(C(=O)O)CC2)c1. The number of amides is 2. The molecule has 1 aromatic carbocycles. The van der Waals surface area contributed by atoms with Crippen molar-refractivity contribution < 1.29 is 23.8 Å². The van der Waals surface area contributed by atoms with Crippen LogP contribution in [0.3, 0.4) is 0 Å². The summed E-state index contributed by atoms with van der Waals surface area (Å²) in [4.78, 5) is 24.5. The van der Waals surface area contributed by atoms with E-state index in [1.54, 1.807) is 11.0 Å². The number of hydrogen-bond acceptors (Lipinski definition) is 3. The Hall–Kier alpha value is -2.31. The van der Waals surface area contributed by atoms with Crippen molar-refractivity contribution in [3.05, 3.63) is 29.6 Å². The maximum Gasteiger partial charge on any atom is 0.317 e. The Bertz CT molecular complexity index is 556. The van der Waals surface area contributed by atoms with E-state index < -0.39 is 11.8 Å². The first kappa shape index (κ1) is 16.1. The standard InChI is InChI=1S/C15H19FN2O4/c1-22-13-7-10(6-12(16)8-13)9-17-15(21)18-4-2-11(3-5-18)14(19)20/h6-8,11H,2-5,9H2,1H3,(H,17,21)(H,19,20). The number of likely N-dealkylation sites (tertiary alicyclic amines) is 1. The lowest BCUT2D eigenvalue weighted by atomic mass is 9.97. The summed E-state index contributed by atoms with van der Waals surface area (Å²) in [6.45, 7) is 1.01. The molecule has 0 aromatic heterocycles. The van der Waals surface area contributed by atoms with Crippen LogP contribution >= 0.6 is 0 Å². The zero-order valence-corrected chi connectivity index (χ0v) is 12.3. The summed E-state index contributed by atoms with van der Waals surface area (Å²) in [5, 5.41) is 11.6. The molecule has 1 aromatic rings. The molecule has 0 aliphatic carbocycles. The summed E-state index contributed by atoms with van der Waals surface area (Å²) >= 11 is 0. The van der Waals surface area contributed by atoms with Crippen molar-refractivity contribution in [3.63, 3.8) is 0 Å². The Kier molecular flexibility index (Phi) is 5.19. The molecule has 6 nitrogen and oxygen atoms in total. The molecule has 0 saturated carbocycles. The minimum Gasteiger partial charge on any atom is -0.497 e. The zero-order chi connectivity index (χ0) is 16.1. The third kappa shape index (κ3) is 4.09. The molecule has 0 atom stereocenters. The number of urea groups is 1. The van der Waals surface area contributed by atoms with Crippen molar-refractivity contribution in [2.24, 2.45) is 5.92 Å². The molecule has 1 saturated heterocycles. The van der Waals surface area contributed by atoms with Crippen LogP contribution in [0.15, 0.2) is 18.2 Å². The van der Waals surface area contributed by atoms with Gasteiger partial charge in [-0.3, -0.25) is 4.79 Å². The van der Waals surface area contributed by atoms with Gasteiger partial charge in [0, 0.05) is 25.7 Å². The van der Waals surface area contributed by atoms with Crippen LogP contribution < -0.4 is 10.1 Å². The lowest BCUT2D eigenvalue weighted by molar-refractivity contribution is -0.143. The van der Waals surface area contributed by atoms with Crippen molar-refractivity contribution in [1.82, 2.24) is 10.2 Å². The van der Waals surface area contributed by atoms with Gasteiger partial charge in [-0.25, -0.2) is 9.18 Å². The summed E-state index contributed by atoms with van der Waals surface area (Å²) < 4.78 is 18.3. The van der Waals surface area contributed by atoms with Gasteiger partial charge in [-0.2, -0.15) is 0 Å². The molecule has 120 valence electrons. The molecule has 7 heteroatoms. The largest absolute Gasteiger partial charge is 0.497 e. The molecule has 2 N–H and O–H groups in total. The summed E-state index contributed by atoms with van der Waals surface area (Å²) in [5.41, 5.74) is 0.602. The number of ether oxygens (including phenoxy) is 1. The number of rotatable bonds is 4. The molecular formula is C15H19FN2O4. The summed E-state index contributed by atoms with van der Waals surface area (Å²) in [5.74, 6) is -1.22. The highest BCUT2D eigenvalue weighted by Crippen LogP contribution is 2.18. The number of nitrogens with one attached hydrogen (secondary N) is 1. The Balaban J connectivity index is 1.86. The Morgan fingerprint density at radius 3 is 2.64 bits per heavy atom. The number of nitrogens with zero attached hydrogens (tertiary/aromatic N) is 1. The highest BCUT2D eigenvalue weighted by molar-refractivity contribution is 5.75. The lowest BCUT2D eigenvalue weighted by Crippen LogP contribution is -2.45. The average molecular weight is 310 g/mol. The van der Waals surface area contributed by atoms with E-state index in [2.05, 4.69) is 5.32 Å². The van der Waals surface area contributed by atoms with Crippen LogP contribution in [0.25, 0.3) is 0 Å². The van der Waals surface area contributed by atoms with Crippen molar-refractivity contribution in [2.75, 3.05) is 20.2 Å². The normalized spacial score (nSPS) is 15.5. The van der Waals surface area contributed by atoms with E-state index in [4.69, 9.17) is 9.84 Å². The fraction of sp³-hybridized carbons (Fsp3) is 0.467. The second kappa shape index (κ2) is 7.11. The van der Waals surface area contributed by atoms with Crippen molar-refractivity contribution >= 4 is 12.0 Å². The summed E-state index contributed by atoms with van der Waals surface area (Å²) in [6, 6.07) is 3.98. The Labute approximate surface area is 127 Å². The molecule has 0 spiro atoms. The van der Waals surface area contributed by atoms with Crippen molar-refractivity contribution in [1.29, 1.82) is 0 Å². The van der Waals surface area contributed by atoms with Gasteiger partial charge in [-0.05, 0) is 30.5 Å². The third-order valence-corrected chi connectivity index (χ3v) is 3.74. The molecule has 1 aliphatic heterocycles. The predicted molar refractivity (Wildman–Crippen MR) is 77.1 cm³/mol. The number of carboxylic acid groups (broad SMARTS) is 1. The van der Waals surface area contributed by atoms with Gasteiger partial charge in [0.25, 0.3) is 0 Å². The fourth-order valence-electron chi connectivity index (χ4n) is 2.46. The van der Waals surface area contributed by atoms with E-state index in [-0.39, 0.29) is 18.5 Å². The molecule has 2 amide bonds. The van der Waals surface area contributed by atoms with Crippen LogP contribution in [0.4, 0.5) is 9.18 Å². The molecule has 22 heavy (non-hydrogen) atoms. The van der Waals surface area contributed by atoms with Gasteiger partial charge in [0.2, 0.25) is 0 Å². The van der Waals surface area contributed by atoms with Crippen LogP contribution in [0.2, 0.25) is 0 Å². The zero-order valence-electron chi connectivity index (χ0n) is 12.3. The number of benzene rings is 1. The minimum absolute atomic E-state index is 0.186. The number of aliphatic carboxylic acids is 1. The van der Waals surface area contributed by atoms with E-state index in [0.717, 1.165) is 0 Å². The molecule has 1 aliphatic rings. The van der Waals surface area contributed by atoms with E-state index in [1.807, 2.05) is 0 Å². The van der Waals surface area contributed by atoms with Gasteiger partial charge in [0.15, 0.2) is 0 Å². The molecule has 0 radical (unpaired) electrons. The first-order chi connectivity index (χ1) is 10.5. The number of methoxy groups -OCH3 is 1. The Morgan fingerprint density at radius 1 is 1.36 bits per heavy atom. The smallest absolute Gasteiger partial charge is 0.317 e. The highest BCUT2D eigenvalue weighted by Gasteiger charge is 2.26. The van der Waals surface area contributed by atoms with Crippen LogP contribution in [0.5, 0.6) is 5.75 Å². The summed E-state index contributed by atoms with van der Waals surface area (Å²) in [7, 11) is 1.45. The van der Waals surface area contributed by atoms with E-state index >= 15 is 0 Å². The first-order valence-corrected chi connectivity index (χ1v) is 7.08. The third-order valence-electron chi connectivity index (χ3n) is 3.74. The predicted octanol–water partition coefficient (Wildman–Crippen LogP) is 1.84. The van der Waals surface area contributed by atoms with Gasteiger partial charge in [0.1, 0.15) is 11.6 Å². The van der Waals surface area contributed by atoms with E-state index in [9.17, 15) is 14.0 Å². The first-order valence-electron chi connectivity index (χ1n) is 7.08. The molecule has 1 fully saturated rings. The monoisotopic (exact) mass is 310 g/mol. The van der Waals surface area contributed by atoms with E-state index in [0.29, 0.717) is 37.2 Å². The van der Waals surface area contributed by atoms with Gasteiger partial charge >= 0.3 is 12.0 Å². The van der Waals surface area contributed by atoms with Gasteiger partial charge in [-0.1, -0.05) is 0 Å². The number of halogens is 1.